The van der Waals surface area contributed by atoms with Crippen molar-refractivity contribution < 1.29 is 4.74 Å². The van der Waals surface area contributed by atoms with Gasteiger partial charge in [-0.25, -0.2) is 5.10 Å². The maximum absolute atomic E-state index is 11.6. The number of ether oxygens (including phenoxy) is 1. The highest BCUT2D eigenvalue weighted by molar-refractivity contribution is 7.71. The standard InChI is InChI=1S/C9H8N4O3S/c1-4-7(8(15)11-9(17)10-4)16-6-3-2-5(14)12-13-6/h2-3H,1H3,(H,12,14)(H2,10,11,15,17). The first-order chi connectivity index (χ1) is 8.06. The Morgan fingerprint density at radius 2 is 2.06 bits per heavy atom. The van der Waals surface area contributed by atoms with E-state index in [9.17, 15) is 9.59 Å². The second-order valence-corrected chi connectivity index (χ2v) is 3.63. The first kappa shape index (κ1) is 11.3. The molecule has 0 bridgehead atoms. The van der Waals surface area contributed by atoms with Crippen LogP contribution in [0.2, 0.25) is 0 Å². The number of hydrogen-bond acceptors (Lipinski definition) is 5. The fraction of sp³-hybridized carbons (Fsp3) is 0.111. The molecule has 0 fully saturated rings. The molecule has 0 atom stereocenters. The van der Waals surface area contributed by atoms with E-state index in [1.165, 1.54) is 12.1 Å². The maximum Gasteiger partial charge on any atom is 0.295 e. The minimum Gasteiger partial charge on any atom is -0.430 e. The Hall–Kier alpha value is -2.22. The van der Waals surface area contributed by atoms with E-state index in [0.717, 1.165) is 0 Å². The molecule has 0 radical (unpaired) electrons. The van der Waals surface area contributed by atoms with Gasteiger partial charge in [0.2, 0.25) is 11.6 Å². The highest BCUT2D eigenvalue weighted by Gasteiger charge is 2.08. The zero-order valence-electron chi connectivity index (χ0n) is 8.73. The van der Waals surface area contributed by atoms with Crippen molar-refractivity contribution >= 4 is 12.2 Å². The van der Waals surface area contributed by atoms with E-state index in [1.54, 1.807) is 6.92 Å². The predicted molar refractivity (Wildman–Crippen MR) is 61.9 cm³/mol. The largest absolute Gasteiger partial charge is 0.430 e. The molecule has 0 saturated heterocycles. The van der Waals surface area contributed by atoms with Gasteiger partial charge < -0.3 is 9.72 Å². The molecule has 0 aromatic carbocycles. The van der Waals surface area contributed by atoms with Crippen molar-refractivity contribution in [2.75, 3.05) is 0 Å². The Morgan fingerprint density at radius 1 is 1.29 bits per heavy atom. The second-order valence-electron chi connectivity index (χ2n) is 3.22. The molecule has 2 aromatic rings. The molecule has 0 unspecified atom stereocenters. The number of aromatic amines is 3. The van der Waals surface area contributed by atoms with Gasteiger partial charge in [0.25, 0.3) is 11.1 Å². The fourth-order valence-corrected chi connectivity index (χ4v) is 1.45. The van der Waals surface area contributed by atoms with Crippen LogP contribution in [0.1, 0.15) is 5.69 Å². The molecule has 2 heterocycles. The Kier molecular flexibility index (Phi) is 2.88. The molecular formula is C9H8N4O3S. The first-order valence-electron chi connectivity index (χ1n) is 4.63. The van der Waals surface area contributed by atoms with Gasteiger partial charge in [-0.1, -0.05) is 0 Å². The quantitative estimate of drug-likeness (QED) is 0.679. The van der Waals surface area contributed by atoms with Crippen molar-refractivity contribution in [2.24, 2.45) is 0 Å². The van der Waals surface area contributed by atoms with Gasteiger partial charge in [0, 0.05) is 12.1 Å². The Balaban J connectivity index is 2.43. The van der Waals surface area contributed by atoms with Crippen LogP contribution in [0.5, 0.6) is 11.6 Å². The third-order valence-corrected chi connectivity index (χ3v) is 2.14. The van der Waals surface area contributed by atoms with E-state index in [-0.39, 0.29) is 22.0 Å². The number of rotatable bonds is 2. The van der Waals surface area contributed by atoms with Crippen LogP contribution >= 0.6 is 12.2 Å². The normalized spacial score (nSPS) is 10.2. The van der Waals surface area contributed by atoms with Crippen LogP contribution in [0.15, 0.2) is 21.7 Å². The number of aromatic nitrogens is 4. The van der Waals surface area contributed by atoms with Gasteiger partial charge in [-0.3, -0.25) is 14.6 Å². The van der Waals surface area contributed by atoms with Gasteiger partial charge in [0.05, 0.1) is 5.69 Å². The second kappa shape index (κ2) is 4.34. The van der Waals surface area contributed by atoms with E-state index >= 15 is 0 Å². The minimum atomic E-state index is -0.459. The van der Waals surface area contributed by atoms with Crippen LogP contribution in [-0.2, 0) is 0 Å². The molecule has 2 rings (SSSR count). The molecule has 3 N–H and O–H groups in total. The van der Waals surface area contributed by atoms with Gasteiger partial charge >= 0.3 is 0 Å². The van der Waals surface area contributed by atoms with Crippen LogP contribution in [0, 0.1) is 11.7 Å². The summed E-state index contributed by atoms with van der Waals surface area (Å²) < 4.78 is 5.46. The molecule has 0 aliphatic carbocycles. The van der Waals surface area contributed by atoms with Crippen LogP contribution in [0.25, 0.3) is 0 Å². The Labute approximate surface area is 99.5 Å². The summed E-state index contributed by atoms with van der Waals surface area (Å²) >= 11 is 4.80. The third-order valence-electron chi connectivity index (χ3n) is 1.94. The van der Waals surface area contributed by atoms with E-state index in [2.05, 4.69) is 20.2 Å². The molecule has 17 heavy (non-hydrogen) atoms. The van der Waals surface area contributed by atoms with Gasteiger partial charge in [0.1, 0.15) is 0 Å². The third kappa shape index (κ3) is 2.48. The number of nitrogens with one attached hydrogen (secondary N) is 3. The van der Waals surface area contributed by atoms with E-state index in [0.29, 0.717) is 5.69 Å². The lowest BCUT2D eigenvalue weighted by Crippen LogP contribution is -2.13. The first-order valence-corrected chi connectivity index (χ1v) is 5.04. The number of aryl methyl sites for hydroxylation is 1. The topological polar surface area (TPSA) is 104 Å². The van der Waals surface area contributed by atoms with E-state index in [1.807, 2.05) is 0 Å². The fourth-order valence-electron chi connectivity index (χ4n) is 1.20. The summed E-state index contributed by atoms with van der Waals surface area (Å²) in [4.78, 5) is 27.5. The van der Waals surface area contributed by atoms with E-state index in [4.69, 9.17) is 17.0 Å². The van der Waals surface area contributed by atoms with Crippen molar-refractivity contribution in [3.05, 3.63) is 43.3 Å². The molecule has 7 nitrogen and oxygen atoms in total. The van der Waals surface area contributed by atoms with Gasteiger partial charge in [-0.15, -0.1) is 5.10 Å². The van der Waals surface area contributed by atoms with Gasteiger partial charge in [0.15, 0.2) is 4.77 Å². The van der Waals surface area contributed by atoms with Gasteiger partial charge in [-0.05, 0) is 19.1 Å². The van der Waals surface area contributed by atoms with Crippen LogP contribution < -0.4 is 15.9 Å². The predicted octanol–water partition coefficient (Wildman–Crippen LogP) is 0.617. The number of nitrogens with zero attached hydrogens (tertiary/aromatic N) is 1. The molecule has 0 saturated carbocycles. The lowest BCUT2D eigenvalue weighted by molar-refractivity contribution is 0.440. The summed E-state index contributed by atoms with van der Waals surface area (Å²) in [7, 11) is 0. The van der Waals surface area contributed by atoms with Crippen molar-refractivity contribution in [2.45, 2.75) is 6.92 Å². The average molecular weight is 252 g/mol. The summed E-state index contributed by atoms with van der Waals surface area (Å²) in [6.45, 7) is 1.64. The van der Waals surface area contributed by atoms with Crippen LogP contribution in [0.4, 0.5) is 0 Å². The molecule has 0 aliphatic heterocycles. The summed E-state index contributed by atoms with van der Waals surface area (Å²) in [5, 5.41) is 5.82. The number of H-pyrrole nitrogens is 3. The summed E-state index contributed by atoms with van der Waals surface area (Å²) in [5.74, 6) is 0.168. The molecular weight excluding hydrogens is 244 g/mol. The SMILES string of the molecule is Cc1[nH]c(=S)[nH]c(=O)c1Oc1ccc(=O)[nH]n1. The minimum absolute atomic E-state index is 0.0538. The van der Waals surface area contributed by atoms with Crippen LogP contribution in [0.3, 0.4) is 0 Å². The molecule has 8 heteroatoms. The van der Waals surface area contributed by atoms with Crippen LogP contribution in [-0.4, -0.2) is 20.2 Å². The summed E-state index contributed by atoms with van der Waals surface area (Å²) in [6, 6.07) is 2.61. The molecule has 0 spiro atoms. The zero-order chi connectivity index (χ0) is 12.4. The number of hydrogen-bond donors (Lipinski definition) is 3. The lowest BCUT2D eigenvalue weighted by Gasteiger charge is -2.05. The highest BCUT2D eigenvalue weighted by atomic mass is 32.1. The lowest BCUT2D eigenvalue weighted by atomic mass is 10.4. The van der Waals surface area contributed by atoms with Crippen molar-refractivity contribution in [3.63, 3.8) is 0 Å². The highest BCUT2D eigenvalue weighted by Crippen LogP contribution is 2.15. The molecule has 0 amide bonds. The summed E-state index contributed by atoms with van der Waals surface area (Å²) in [6.07, 6.45) is 0. The molecule has 88 valence electrons. The Morgan fingerprint density at radius 3 is 2.65 bits per heavy atom. The molecule has 2 aromatic heterocycles. The summed E-state index contributed by atoms with van der Waals surface area (Å²) in [5.41, 5.74) is -0.332. The van der Waals surface area contributed by atoms with Crippen molar-refractivity contribution in [1.29, 1.82) is 0 Å². The smallest absolute Gasteiger partial charge is 0.295 e. The van der Waals surface area contributed by atoms with Crippen molar-refractivity contribution in [3.8, 4) is 11.6 Å². The average Bonchev–Trinajstić information content (AvgIpc) is 2.26. The monoisotopic (exact) mass is 252 g/mol. The molecule has 0 aliphatic rings. The van der Waals surface area contributed by atoms with Crippen molar-refractivity contribution in [1.82, 2.24) is 20.2 Å². The maximum atomic E-state index is 11.6. The van der Waals surface area contributed by atoms with E-state index < -0.39 is 5.56 Å². The van der Waals surface area contributed by atoms with Gasteiger partial charge in [-0.2, -0.15) is 0 Å². The Bertz CT molecular complexity index is 695. The zero-order valence-corrected chi connectivity index (χ0v) is 9.55.